The van der Waals surface area contributed by atoms with Crippen LogP contribution in [0.1, 0.15) is 12.6 Å². The molecule has 0 radical (unpaired) electrons. The normalized spacial score (nSPS) is 11.2. The van der Waals surface area contributed by atoms with Crippen LogP contribution in [0.4, 0.5) is 0 Å². The third kappa shape index (κ3) is 1.95. The lowest BCUT2D eigenvalue weighted by molar-refractivity contribution is 0.627. The van der Waals surface area contributed by atoms with Gasteiger partial charge < -0.3 is 0 Å². The summed E-state index contributed by atoms with van der Waals surface area (Å²) in [7, 11) is 0. The molecule has 4 nitrogen and oxygen atoms in total. The highest BCUT2D eigenvalue weighted by atomic mass is 79.9. The van der Waals surface area contributed by atoms with E-state index in [2.05, 4.69) is 45.2 Å². The Balaban J connectivity index is 2.06. The minimum absolute atomic E-state index is 0.694. The molecule has 18 heavy (non-hydrogen) atoms. The molecule has 0 fully saturated rings. The van der Waals surface area contributed by atoms with Gasteiger partial charge in [0, 0.05) is 18.1 Å². The highest BCUT2D eigenvalue weighted by Crippen LogP contribution is 2.19. The molecular formula is C13H13BrN4. The molecule has 2 heterocycles. The Morgan fingerprint density at radius 3 is 2.83 bits per heavy atom. The highest BCUT2D eigenvalue weighted by molar-refractivity contribution is 9.10. The molecule has 2 aromatic heterocycles. The molecule has 5 heteroatoms. The molecule has 0 unspecified atom stereocenters. The van der Waals surface area contributed by atoms with Crippen LogP contribution in [-0.2, 0) is 13.1 Å². The fourth-order valence-corrected chi connectivity index (χ4v) is 2.46. The van der Waals surface area contributed by atoms with Crippen LogP contribution < -0.4 is 0 Å². The van der Waals surface area contributed by atoms with E-state index in [1.807, 2.05) is 27.7 Å². The summed E-state index contributed by atoms with van der Waals surface area (Å²) >= 11 is 3.41. The maximum absolute atomic E-state index is 4.65. The van der Waals surface area contributed by atoms with E-state index >= 15 is 0 Å². The molecule has 0 spiro atoms. The van der Waals surface area contributed by atoms with Crippen LogP contribution in [0.25, 0.3) is 10.9 Å². The first-order chi connectivity index (χ1) is 8.78. The smallest absolute Gasteiger partial charge is 0.0918 e. The van der Waals surface area contributed by atoms with Gasteiger partial charge in [-0.25, -0.2) is 0 Å². The molecule has 0 N–H and O–H groups in total. The highest BCUT2D eigenvalue weighted by Gasteiger charge is 2.09. The van der Waals surface area contributed by atoms with E-state index in [1.54, 1.807) is 6.20 Å². The van der Waals surface area contributed by atoms with Crippen molar-refractivity contribution in [2.24, 2.45) is 0 Å². The van der Waals surface area contributed by atoms with Crippen LogP contribution in [0.3, 0.4) is 0 Å². The van der Waals surface area contributed by atoms with Crippen molar-refractivity contribution in [1.29, 1.82) is 0 Å². The van der Waals surface area contributed by atoms with Crippen molar-refractivity contribution in [1.82, 2.24) is 19.6 Å². The maximum Gasteiger partial charge on any atom is 0.0918 e. The van der Waals surface area contributed by atoms with E-state index in [1.165, 1.54) is 10.9 Å². The van der Waals surface area contributed by atoms with Crippen LogP contribution >= 0.6 is 15.9 Å². The molecule has 0 bridgehead atoms. The fourth-order valence-electron chi connectivity index (χ4n) is 2.13. The number of fused-ring (bicyclic) bond motifs is 1. The van der Waals surface area contributed by atoms with Crippen molar-refractivity contribution in [2.75, 3.05) is 0 Å². The number of benzene rings is 1. The van der Waals surface area contributed by atoms with Gasteiger partial charge in [-0.3, -0.25) is 9.36 Å². The zero-order valence-corrected chi connectivity index (χ0v) is 11.6. The van der Waals surface area contributed by atoms with Crippen LogP contribution in [0.2, 0.25) is 0 Å². The van der Waals surface area contributed by atoms with Crippen molar-refractivity contribution < 1.29 is 0 Å². The second kappa shape index (κ2) is 4.57. The average Bonchev–Trinajstić information content (AvgIpc) is 2.95. The standard InChI is InChI=1S/C13H13BrN4/c1-2-18-13-6-4-3-5-11(13)12(16-18)9-17-8-10(14)7-15-17/h3-8H,2,9H2,1H3. The second-order valence-electron chi connectivity index (χ2n) is 4.14. The van der Waals surface area contributed by atoms with Crippen molar-refractivity contribution in [3.05, 3.63) is 46.8 Å². The molecular weight excluding hydrogens is 292 g/mol. The maximum atomic E-state index is 4.65. The first-order valence-electron chi connectivity index (χ1n) is 5.90. The number of aryl methyl sites for hydroxylation is 1. The van der Waals surface area contributed by atoms with Crippen LogP contribution in [0.15, 0.2) is 41.1 Å². The molecule has 0 atom stereocenters. The molecule has 0 aliphatic carbocycles. The van der Waals surface area contributed by atoms with Crippen LogP contribution in [0.5, 0.6) is 0 Å². The van der Waals surface area contributed by atoms with Gasteiger partial charge in [-0.2, -0.15) is 10.2 Å². The zero-order chi connectivity index (χ0) is 12.5. The SMILES string of the molecule is CCn1nc(Cn2cc(Br)cn2)c2ccccc21. The summed E-state index contributed by atoms with van der Waals surface area (Å²) in [6.07, 6.45) is 3.75. The molecule has 92 valence electrons. The molecule has 0 aliphatic heterocycles. The molecule has 0 saturated heterocycles. The lowest BCUT2D eigenvalue weighted by Crippen LogP contribution is -2.02. The van der Waals surface area contributed by atoms with E-state index in [0.717, 1.165) is 16.7 Å². The average molecular weight is 305 g/mol. The third-order valence-electron chi connectivity index (χ3n) is 2.95. The Kier molecular flexibility index (Phi) is 2.91. The second-order valence-corrected chi connectivity index (χ2v) is 5.05. The zero-order valence-electron chi connectivity index (χ0n) is 10.0. The Morgan fingerprint density at radius 1 is 1.28 bits per heavy atom. The summed E-state index contributed by atoms with van der Waals surface area (Å²) in [4.78, 5) is 0. The Bertz CT molecular complexity index is 683. The predicted octanol–water partition coefficient (Wildman–Crippen LogP) is 3.06. The number of para-hydroxylation sites is 1. The lowest BCUT2D eigenvalue weighted by atomic mass is 10.2. The van der Waals surface area contributed by atoms with Crippen LogP contribution in [-0.4, -0.2) is 19.6 Å². The monoisotopic (exact) mass is 304 g/mol. The molecule has 3 aromatic rings. The lowest BCUT2D eigenvalue weighted by Gasteiger charge is -1.97. The van der Waals surface area contributed by atoms with Gasteiger partial charge in [-0.1, -0.05) is 18.2 Å². The van der Waals surface area contributed by atoms with Gasteiger partial charge in [0.2, 0.25) is 0 Å². The number of nitrogens with zero attached hydrogens (tertiary/aromatic N) is 4. The van der Waals surface area contributed by atoms with Gasteiger partial charge in [0.05, 0.1) is 28.4 Å². The van der Waals surface area contributed by atoms with Gasteiger partial charge in [-0.15, -0.1) is 0 Å². The van der Waals surface area contributed by atoms with Crippen molar-refractivity contribution in [2.45, 2.75) is 20.0 Å². The Morgan fingerprint density at radius 2 is 2.11 bits per heavy atom. The summed E-state index contributed by atoms with van der Waals surface area (Å²) < 4.78 is 4.91. The topological polar surface area (TPSA) is 35.6 Å². The first-order valence-corrected chi connectivity index (χ1v) is 6.69. The van der Waals surface area contributed by atoms with E-state index in [4.69, 9.17) is 0 Å². The van der Waals surface area contributed by atoms with Gasteiger partial charge in [-0.05, 0) is 28.9 Å². The predicted molar refractivity (Wildman–Crippen MR) is 74.4 cm³/mol. The molecule has 0 amide bonds. The minimum atomic E-state index is 0.694. The van der Waals surface area contributed by atoms with E-state index in [0.29, 0.717) is 6.54 Å². The van der Waals surface area contributed by atoms with Gasteiger partial charge in [0.15, 0.2) is 0 Å². The molecule has 0 aliphatic rings. The molecule has 1 aromatic carbocycles. The van der Waals surface area contributed by atoms with Gasteiger partial charge in [0.25, 0.3) is 0 Å². The minimum Gasteiger partial charge on any atom is -0.265 e. The Hall–Kier alpha value is -1.62. The third-order valence-corrected chi connectivity index (χ3v) is 3.36. The molecule has 3 rings (SSSR count). The summed E-state index contributed by atoms with van der Waals surface area (Å²) in [6.45, 7) is 3.68. The number of hydrogen-bond acceptors (Lipinski definition) is 2. The van der Waals surface area contributed by atoms with Gasteiger partial charge in [0.1, 0.15) is 0 Å². The van der Waals surface area contributed by atoms with Crippen molar-refractivity contribution >= 4 is 26.8 Å². The van der Waals surface area contributed by atoms with E-state index < -0.39 is 0 Å². The van der Waals surface area contributed by atoms with Crippen molar-refractivity contribution in [3.63, 3.8) is 0 Å². The number of aromatic nitrogens is 4. The Labute approximate surface area is 113 Å². The number of halogens is 1. The van der Waals surface area contributed by atoms with Crippen molar-refractivity contribution in [3.8, 4) is 0 Å². The summed E-state index contributed by atoms with van der Waals surface area (Å²) in [5.41, 5.74) is 2.24. The molecule has 0 saturated carbocycles. The largest absolute Gasteiger partial charge is 0.265 e. The summed E-state index contributed by atoms with van der Waals surface area (Å²) in [5, 5.41) is 10.1. The summed E-state index contributed by atoms with van der Waals surface area (Å²) in [6, 6.07) is 8.31. The van der Waals surface area contributed by atoms with Crippen LogP contribution in [0, 0.1) is 0 Å². The first kappa shape index (κ1) is 11.5. The number of rotatable bonds is 3. The quantitative estimate of drug-likeness (QED) is 0.745. The number of hydrogen-bond donors (Lipinski definition) is 0. The van der Waals surface area contributed by atoms with E-state index in [-0.39, 0.29) is 0 Å². The van der Waals surface area contributed by atoms with E-state index in [9.17, 15) is 0 Å². The summed E-state index contributed by atoms with van der Waals surface area (Å²) in [5.74, 6) is 0. The fraction of sp³-hybridized carbons (Fsp3) is 0.231. The van der Waals surface area contributed by atoms with Gasteiger partial charge >= 0.3 is 0 Å².